The van der Waals surface area contributed by atoms with Crippen LogP contribution < -0.4 is 11.1 Å². The fraction of sp³-hybridized carbons (Fsp3) is 0.455. The smallest absolute Gasteiger partial charge is 0.353 e. The van der Waals surface area contributed by atoms with E-state index in [0.29, 0.717) is 30.6 Å². The van der Waals surface area contributed by atoms with Crippen molar-refractivity contribution < 1.29 is 23.5 Å². The molecule has 246 valence electrons. The number of hydrogen-bond donors (Lipinski definition) is 3. The molecule has 0 aliphatic heterocycles. The van der Waals surface area contributed by atoms with Crippen LogP contribution in [0.2, 0.25) is 0 Å². The van der Waals surface area contributed by atoms with Crippen LogP contribution in [0.25, 0.3) is 11.2 Å². The van der Waals surface area contributed by atoms with Crippen LogP contribution in [0.4, 0.5) is 5.82 Å². The number of allylic oxidation sites excluding steroid dienone is 12. The van der Waals surface area contributed by atoms with E-state index in [1.54, 1.807) is 17.8 Å². The lowest BCUT2D eigenvalue weighted by atomic mass is 10.2. The molecule has 2 rings (SSSR count). The minimum absolute atomic E-state index is 0.0977. The Morgan fingerprint density at radius 1 is 0.956 bits per heavy atom. The number of anilines is 1. The van der Waals surface area contributed by atoms with E-state index in [1.807, 2.05) is 12.2 Å². The van der Waals surface area contributed by atoms with Gasteiger partial charge in [-0.2, -0.15) is 0 Å². The van der Waals surface area contributed by atoms with Crippen LogP contribution in [0, 0.1) is 0 Å². The second-order valence-electron chi connectivity index (χ2n) is 10.2. The second kappa shape index (κ2) is 22.8. The first kappa shape index (κ1) is 37.6. The van der Waals surface area contributed by atoms with Crippen LogP contribution in [0.5, 0.6) is 0 Å². The summed E-state index contributed by atoms with van der Waals surface area (Å²) >= 11 is 0. The van der Waals surface area contributed by atoms with Crippen LogP contribution in [0.15, 0.2) is 85.6 Å². The Bertz CT molecular complexity index is 1360. The lowest BCUT2D eigenvalue weighted by Crippen LogP contribution is -2.26. The van der Waals surface area contributed by atoms with Crippen LogP contribution >= 0.6 is 7.60 Å². The third kappa shape index (κ3) is 17.4. The van der Waals surface area contributed by atoms with E-state index in [1.165, 1.54) is 6.33 Å². The Morgan fingerprint density at radius 2 is 1.53 bits per heavy atom. The number of fused-ring (bicyclic) bond motifs is 1. The summed E-state index contributed by atoms with van der Waals surface area (Å²) in [6.45, 7) is 4.28. The van der Waals surface area contributed by atoms with E-state index in [4.69, 9.17) is 15.0 Å². The van der Waals surface area contributed by atoms with Crippen molar-refractivity contribution in [3.8, 4) is 0 Å². The maximum absolute atomic E-state index is 12.3. The van der Waals surface area contributed by atoms with E-state index in [2.05, 4.69) is 88.0 Å². The molecule has 0 fully saturated rings. The fourth-order valence-corrected chi connectivity index (χ4v) is 4.84. The molecule has 0 aromatic carbocycles. The van der Waals surface area contributed by atoms with Gasteiger partial charge >= 0.3 is 7.60 Å². The predicted octanol–water partition coefficient (Wildman–Crippen LogP) is 6.57. The van der Waals surface area contributed by atoms with Crippen molar-refractivity contribution in [2.75, 3.05) is 25.2 Å². The first-order valence-electron chi connectivity index (χ1n) is 15.5. The van der Waals surface area contributed by atoms with E-state index in [-0.39, 0.29) is 24.9 Å². The Labute approximate surface area is 267 Å². The number of aromatic nitrogens is 4. The van der Waals surface area contributed by atoms with Gasteiger partial charge in [-0.15, -0.1) is 0 Å². The Balaban J connectivity index is 1.47. The molecule has 11 nitrogen and oxygen atoms in total. The van der Waals surface area contributed by atoms with Gasteiger partial charge in [-0.25, -0.2) is 15.0 Å². The molecule has 0 spiro atoms. The molecule has 0 saturated heterocycles. The second-order valence-corrected chi connectivity index (χ2v) is 12.0. The molecule has 1 amide bonds. The summed E-state index contributed by atoms with van der Waals surface area (Å²) in [6.07, 6.45) is 34.4. The highest BCUT2D eigenvalue weighted by Crippen LogP contribution is 2.41. The van der Waals surface area contributed by atoms with Crippen LogP contribution in [-0.2, 0) is 25.2 Å². The van der Waals surface area contributed by atoms with Crippen molar-refractivity contribution in [3.05, 3.63) is 85.6 Å². The number of nitrogens with one attached hydrogen (secondary N) is 1. The van der Waals surface area contributed by atoms with Gasteiger partial charge in [0.25, 0.3) is 0 Å². The minimum atomic E-state index is -3.98. The number of carbonyl (C=O) groups excluding carboxylic acids is 1. The first-order valence-corrected chi connectivity index (χ1v) is 17.2. The van der Waals surface area contributed by atoms with Crippen molar-refractivity contribution in [2.45, 2.75) is 77.9 Å². The Morgan fingerprint density at radius 3 is 2.13 bits per heavy atom. The lowest BCUT2D eigenvalue weighted by molar-refractivity contribution is -0.121. The van der Waals surface area contributed by atoms with Gasteiger partial charge in [0.1, 0.15) is 18.2 Å². The maximum atomic E-state index is 12.3. The number of ether oxygens (including phenoxy) is 1. The monoisotopic (exact) mass is 640 g/mol. The molecule has 0 saturated carbocycles. The van der Waals surface area contributed by atoms with Crippen molar-refractivity contribution in [2.24, 2.45) is 0 Å². The summed E-state index contributed by atoms with van der Waals surface area (Å²) in [5.74, 6) is 0.133. The normalized spacial score (nSPS) is 14.7. The molecule has 12 heteroatoms. The zero-order chi connectivity index (χ0) is 32.6. The van der Waals surface area contributed by atoms with E-state index in [0.717, 1.165) is 38.5 Å². The molecule has 2 heterocycles. The van der Waals surface area contributed by atoms with E-state index >= 15 is 0 Å². The van der Waals surface area contributed by atoms with E-state index < -0.39 is 20.0 Å². The third-order valence-corrected chi connectivity index (χ3v) is 7.32. The van der Waals surface area contributed by atoms with Gasteiger partial charge in [-0.05, 0) is 51.9 Å². The number of nitrogen functional groups attached to an aromatic ring is 1. The molecular weight excluding hydrogens is 591 g/mol. The lowest BCUT2D eigenvalue weighted by Gasteiger charge is -2.17. The van der Waals surface area contributed by atoms with Gasteiger partial charge in [-0.3, -0.25) is 9.36 Å². The summed E-state index contributed by atoms with van der Waals surface area (Å²) < 4.78 is 24.6. The molecule has 2 atom stereocenters. The number of imidazole rings is 1. The van der Waals surface area contributed by atoms with Gasteiger partial charge in [0.15, 0.2) is 11.5 Å². The summed E-state index contributed by atoms with van der Waals surface area (Å²) in [6, 6.07) is 0. The van der Waals surface area contributed by atoms with Crippen LogP contribution in [0.1, 0.15) is 65.2 Å². The molecule has 2 aromatic heterocycles. The molecule has 1 unspecified atom stereocenters. The summed E-state index contributed by atoms with van der Waals surface area (Å²) in [5.41, 5.74) is 6.84. The molecule has 0 aliphatic carbocycles. The number of amides is 1. The van der Waals surface area contributed by atoms with Gasteiger partial charge in [0.05, 0.1) is 25.6 Å². The zero-order valence-electron chi connectivity index (χ0n) is 26.5. The predicted molar refractivity (Wildman–Crippen MR) is 181 cm³/mol. The highest BCUT2D eigenvalue weighted by Gasteiger charge is 2.22. The summed E-state index contributed by atoms with van der Waals surface area (Å²) in [4.78, 5) is 34.3. The molecule has 2 aromatic rings. The number of rotatable bonds is 23. The average molecular weight is 641 g/mol. The highest BCUT2D eigenvalue weighted by molar-refractivity contribution is 7.52. The summed E-state index contributed by atoms with van der Waals surface area (Å²) in [7, 11) is -3.98. The van der Waals surface area contributed by atoms with Crippen LogP contribution in [-0.4, -0.2) is 55.9 Å². The van der Waals surface area contributed by atoms with Gasteiger partial charge in [0.2, 0.25) is 5.91 Å². The standard InChI is InChI=1S/C33H49N6O5P/c1-3-4-5-6-7-8-9-10-11-12-13-14-15-16-17-18-19-20-21-22-30(40)35-23-24-44-45(41,42)28-43-29(2)25-39-27-38-31-32(34)36-26-37-33(31)39/h4-5,7-8,10-11,13-14,16-17,19-20,26-27,29H,3,6,9,12,15,18,21-25,28H2,1-2H3,(H,35,40)(H,41,42)(H2,34,36,37)/t29-/m1/s1. The van der Waals surface area contributed by atoms with Gasteiger partial charge < -0.3 is 29.8 Å². The maximum Gasteiger partial charge on any atom is 0.353 e. The van der Waals surface area contributed by atoms with Gasteiger partial charge in [-0.1, -0.05) is 79.8 Å². The molecule has 45 heavy (non-hydrogen) atoms. The quantitative estimate of drug-likeness (QED) is 0.0695. The highest BCUT2D eigenvalue weighted by atomic mass is 31.2. The average Bonchev–Trinajstić information content (AvgIpc) is 3.43. The molecule has 4 N–H and O–H groups in total. The Hall–Kier alpha value is -3.63. The summed E-state index contributed by atoms with van der Waals surface area (Å²) in [5, 5.41) is 2.69. The van der Waals surface area contributed by atoms with Crippen LogP contribution in [0.3, 0.4) is 0 Å². The van der Waals surface area contributed by atoms with Crippen molar-refractivity contribution in [3.63, 3.8) is 0 Å². The topological polar surface area (TPSA) is 154 Å². The zero-order valence-corrected chi connectivity index (χ0v) is 27.4. The number of nitrogens with two attached hydrogens (primary N) is 1. The van der Waals surface area contributed by atoms with Crippen molar-refractivity contribution in [1.29, 1.82) is 0 Å². The SMILES string of the molecule is CCC=CCC=CCC=CCC=CCC=CCC=CCCC(=O)NCCOP(=O)(O)CO[C@H](C)Cn1cnc2c(N)ncnc21. The molecule has 0 radical (unpaired) electrons. The third-order valence-electron chi connectivity index (χ3n) is 6.26. The minimum Gasteiger partial charge on any atom is -0.382 e. The molecule has 0 aliphatic rings. The molecular formula is C33H49N6O5P. The van der Waals surface area contributed by atoms with Crippen molar-refractivity contribution >= 4 is 30.5 Å². The van der Waals surface area contributed by atoms with Crippen molar-refractivity contribution in [1.82, 2.24) is 24.8 Å². The number of nitrogens with zero attached hydrogens (tertiary/aromatic N) is 4. The Kier molecular flexibility index (Phi) is 19.0. The number of carbonyl (C=O) groups is 1. The van der Waals surface area contributed by atoms with Gasteiger partial charge in [0, 0.05) is 13.0 Å². The largest absolute Gasteiger partial charge is 0.382 e. The number of hydrogen-bond acceptors (Lipinski definition) is 8. The first-order chi connectivity index (χ1) is 21.8. The van der Waals surface area contributed by atoms with E-state index in [9.17, 15) is 14.3 Å². The molecule has 0 bridgehead atoms. The fourth-order valence-electron chi connectivity index (χ4n) is 3.94.